The molecule has 1 rings (SSSR count). The molecule has 0 aliphatic carbocycles. The molecule has 0 heterocycles. The molecule has 2 N–H and O–H groups in total. The molecule has 0 saturated carbocycles. The van der Waals surface area contributed by atoms with Crippen molar-refractivity contribution in [2.75, 3.05) is 6.54 Å². The highest BCUT2D eigenvalue weighted by molar-refractivity contribution is 14.1. The number of carbonyl (C=O) groups is 1. The van der Waals surface area contributed by atoms with Gasteiger partial charge in [-0.1, -0.05) is 19.9 Å². The lowest BCUT2D eigenvalue weighted by Crippen LogP contribution is -2.41. The molecule has 0 aliphatic heterocycles. The number of amides is 1. The molecule has 4 heteroatoms. The van der Waals surface area contributed by atoms with E-state index in [4.69, 9.17) is 0 Å². The molecule has 0 radical (unpaired) electrons. The van der Waals surface area contributed by atoms with Gasteiger partial charge in [-0.3, -0.25) is 4.79 Å². The normalized spacial score (nSPS) is 14.3. The number of hydrogen-bond acceptors (Lipinski definition) is 2. The smallest absolute Gasteiger partial charge is 0.251 e. The van der Waals surface area contributed by atoms with Crippen LogP contribution >= 0.6 is 22.6 Å². The van der Waals surface area contributed by atoms with Gasteiger partial charge in [-0.15, -0.1) is 0 Å². The van der Waals surface area contributed by atoms with Crippen molar-refractivity contribution in [3.05, 3.63) is 33.4 Å². The predicted molar refractivity (Wildman–Crippen MR) is 81.6 cm³/mol. The lowest BCUT2D eigenvalue weighted by molar-refractivity contribution is 0.0368. The van der Waals surface area contributed by atoms with Gasteiger partial charge in [0.2, 0.25) is 0 Å². The van der Waals surface area contributed by atoms with E-state index in [1.54, 1.807) is 13.0 Å². The van der Waals surface area contributed by atoms with Crippen LogP contribution in [0.25, 0.3) is 0 Å². The molecular formula is C14H20INO2. The van der Waals surface area contributed by atoms with Crippen molar-refractivity contribution >= 4 is 28.5 Å². The molecule has 0 saturated heterocycles. The summed E-state index contributed by atoms with van der Waals surface area (Å²) >= 11 is 2.17. The van der Waals surface area contributed by atoms with Crippen molar-refractivity contribution < 1.29 is 9.90 Å². The lowest BCUT2D eigenvalue weighted by atomic mass is 9.94. The molecule has 0 aliphatic rings. The van der Waals surface area contributed by atoms with Crippen molar-refractivity contribution in [1.82, 2.24) is 5.32 Å². The second-order valence-electron chi connectivity index (χ2n) is 5.29. The van der Waals surface area contributed by atoms with Gasteiger partial charge >= 0.3 is 0 Å². The summed E-state index contributed by atoms with van der Waals surface area (Å²) in [5.41, 5.74) is -0.228. The summed E-state index contributed by atoms with van der Waals surface area (Å²) in [6.45, 7) is 6.13. The van der Waals surface area contributed by atoms with Gasteiger partial charge < -0.3 is 10.4 Å². The molecule has 1 amide bonds. The van der Waals surface area contributed by atoms with Gasteiger partial charge in [-0.25, -0.2) is 0 Å². The third-order valence-electron chi connectivity index (χ3n) is 2.56. The molecule has 100 valence electrons. The van der Waals surface area contributed by atoms with E-state index in [0.29, 0.717) is 17.9 Å². The van der Waals surface area contributed by atoms with Crippen LogP contribution in [0.3, 0.4) is 0 Å². The average Bonchev–Trinajstić information content (AvgIpc) is 2.24. The van der Waals surface area contributed by atoms with Crippen molar-refractivity contribution in [1.29, 1.82) is 0 Å². The number of carbonyl (C=O) groups excluding carboxylic acids is 1. The Balaban J connectivity index is 2.56. The number of hydrogen-bond donors (Lipinski definition) is 2. The Morgan fingerprint density at radius 2 is 2.17 bits per heavy atom. The first kappa shape index (κ1) is 15.4. The van der Waals surface area contributed by atoms with E-state index in [9.17, 15) is 9.90 Å². The average molecular weight is 361 g/mol. The van der Waals surface area contributed by atoms with Gasteiger partial charge in [0, 0.05) is 15.7 Å². The maximum atomic E-state index is 11.9. The number of aliphatic hydroxyl groups is 1. The SMILES string of the molecule is CC(C)CC(C)(O)CNC(=O)c1cccc(I)c1. The van der Waals surface area contributed by atoms with E-state index >= 15 is 0 Å². The molecule has 18 heavy (non-hydrogen) atoms. The molecule has 1 atom stereocenters. The fourth-order valence-electron chi connectivity index (χ4n) is 1.95. The molecule has 1 aromatic rings. The maximum absolute atomic E-state index is 11.9. The van der Waals surface area contributed by atoms with Gasteiger partial charge in [-0.05, 0) is 60.1 Å². The molecule has 0 aromatic heterocycles. The van der Waals surface area contributed by atoms with Crippen LogP contribution in [-0.4, -0.2) is 23.2 Å². The zero-order chi connectivity index (χ0) is 13.8. The number of rotatable bonds is 5. The van der Waals surface area contributed by atoms with Crippen molar-refractivity contribution in [2.45, 2.75) is 32.8 Å². The standard InChI is InChI=1S/C14H20INO2/c1-10(2)8-14(3,18)9-16-13(17)11-5-4-6-12(15)7-11/h4-7,10,18H,8-9H2,1-3H3,(H,16,17). The zero-order valence-electron chi connectivity index (χ0n) is 11.0. The van der Waals surface area contributed by atoms with E-state index in [-0.39, 0.29) is 12.5 Å². The second-order valence-corrected chi connectivity index (χ2v) is 6.53. The van der Waals surface area contributed by atoms with Gasteiger partial charge in [0.1, 0.15) is 0 Å². The van der Waals surface area contributed by atoms with Gasteiger partial charge in [0.15, 0.2) is 0 Å². The molecule has 0 spiro atoms. The summed E-state index contributed by atoms with van der Waals surface area (Å²) in [4.78, 5) is 11.9. The summed E-state index contributed by atoms with van der Waals surface area (Å²) in [5.74, 6) is 0.257. The monoisotopic (exact) mass is 361 g/mol. The second kappa shape index (κ2) is 6.52. The quantitative estimate of drug-likeness (QED) is 0.793. The van der Waals surface area contributed by atoms with Crippen molar-refractivity contribution in [2.24, 2.45) is 5.92 Å². The fraction of sp³-hybridized carbons (Fsp3) is 0.500. The Kier molecular flexibility index (Phi) is 5.59. The number of halogens is 1. The highest BCUT2D eigenvalue weighted by Crippen LogP contribution is 2.15. The van der Waals surface area contributed by atoms with Crippen LogP contribution in [0, 0.1) is 9.49 Å². The van der Waals surface area contributed by atoms with Gasteiger partial charge in [-0.2, -0.15) is 0 Å². The zero-order valence-corrected chi connectivity index (χ0v) is 13.2. The van der Waals surface area contributed by atoms with Crippen LogP contribution in [0.15, 0.2) is 24.3 Å². The lowest BCUT2D eigenvalue weighted by Gasteiger charge is -2.25. The minimum atomic E-state index is -0.855. The topological polar surface area (TPSA) is 49.3 Å². The first-order chi connectivity index (χ1) is 8.30. The Labute approximate surface area is 122 Å². The summed E-state index contributed by atoms with van der Waals surface area (Å²) in [6.07, 6.45) is 0.666. The van der Waals surface area contributed by atoms with Gasteiger partial charge in [0.25, 0.3) is 5.91 Å². The highest BCUT2D eigenvalue weighted by Gasteiger charge is 2.22. The van der Waals surface area contributed by atoms with E-state index in [2.05, 4.69) is 41.8 Å². The summed E-state index contributed by atoms with van der Waals surface area (Å²) in [7, 11) is 0. The molecule has 1 aromatic carbocycles. The van der Waals surface area contributed by atoms with E-state index in [0.717, 1.165) is 3.57 Å². The van der Waals surface area contributed by atoms with Crippen LogP contribution in [0.2, 0.25) is 0 Å². The van der Waals surface area contributed by atoms with Crippen LogP contribution in [0.5, 0.6) is 0 Å². The van der Waals surface area contributed by atoms with Crippen LogP contribution in [-0.2, 0) is 0 Å². The van der Waals surface area contributed by atoms with E-state index < -0.39 is 5.60 Å². The predicted octanol–water partition coefficient (Wildman–Crippen LogP) is 2.82. The number of benzene rings is 1. The third-order valence-corrected chi connectivity index (χ3v) is 3.24. The van der Waals surface area contributed by atoms with Crippen LogP contribution < -0.4 is 5.32 Å². The Morgan fingerprint density at radius 3 is 2.72 bits per heavy atom. The largest absolute Gasteiger partial charge is 0.388 e. The third kappa shape index (κ3) is 5.35. The minimum Gasteiger partial charge on any atom is -0.388 e. The maximum Gasteiger partial charge on any atom is 0.251 e. The van der Waals surface area contributed by atoms with Crippen LogP contribution in [0.1, 0.15) is 37.6 Å². The molecule has 0 fully saturated rings. The van der Waals surface area contributed by atoms with Crippen LogP contribution in [0.4, 0.5) is 0 Å². The number of nitrogens with one attached hydrogen (secondary N) is 1. The Morgan fingerprint density at radius 1 is 1.50 bits per heavy atom. The summed E-state index contributed by atoms with van der Waals surface area (Å²) in [5, 5.41) is 12.9. The molecule has 1 unspecified atom stereocenters. The fourth-order valence-corrected chi connectivity index (χ4v) is 2.50. The van der Waals surface area contributed by atoms with E-state index in [1.807, 2.05) is 18.2 Å². The first-order valence-corrected chi connectivity index (χ1v) is 7.14. The van der Waals surface area contributed by atoms with Gasteiger partial charge in [0.05, 0.1) is 5.60 Å². The molecule has 0 bridgehead atoms. The first-order valence-electron chi connectivity index (χ1n) is 6.06. The minimum absolute atomic E-state index is 0.141. The van der Waals surface area contributed by atoms with E-state index in [1.165, 1.54) is 0 Å². The molecule has 3 nitrogen and oxygen atoms in total. The Bertz CT molecular complexity index is 416. The summed E-state index contributed by atoms with van der Waals surface area (Å²) in [6, 6.07) is 7.39. The van der Waals surface area contributed by atoms with Crippen molar-refractivity contribution in [3.8, 4) is 0 Å². The summed E-state index contributed by atoms with van der Waals surface area (Å²) < 4.78 is 1.02. The van der Waals surface area contributed by atoms with Crippen molar-refractivity contribution in [3.63, 3.8) is 0 Å². The Hall–Kier alpha value is -0.620. The molecular weight excluding hydrogens is 341 g/mol. The highest BCUT2D eigenvalue weighted by atomic mass is 127.